The topological polar surface area (TPSA) is 70.9 Å². The highest BCUT2D eigenvalue weighted by Gasteiger charge is 2.35. The fourth-order valence-electron chi connectivity index (χ4n) is 3.93. The molecule has 0 saturated carbocycles. The van der Waals surface area contributed by atoms with E-state index in [1.807, 2.05) is 57.2 Å². The van der Waals surface area contributed by atoms with Gasteiger partial charge >= 0.3 is 0 Å². The summed E-state index contributed by atoms with van der Waals surface area (Å²) in [7, 11) is -3.51. The molecule has 0 aliphatic carbocycles. The van der Waals surface area contributed by atoms with Gasteiger partial charge in [0.25, 0.3) is 5.91 Å². The Balaban J connectivity index is 1.60. The van der Waals surface area contributed by atoms with Crippen LogP contribution in [0.5, 0.6) is 0 Å². The van der Waals surface area contributed by atoms with Gasteiger partial charge in [-0.25, -0.2) is 8.42 Å². The number of carbonyl (C=O) groups excluding carboxylic acids is 1. The number of carbonyl (C=O) groups is 1. The molecule has 1 heterocycles. The van der Waals surface area contributed by atoms with E-state index in [-0.39, 0.29) is 11.9 Å². The van der Waals surface area contributed by atoms with Gasteiger partial charge in [-0.2, -0.15) is 4.31 Å². The zero-order valence-corrected chi connectivity index (χ0v) is 19.1. The molecule has 0 bridgehead atoms. The van der Waals surface area contributed by atoms with Crippen molar-refractivity contribution in [2.45, 2.75) is 45.1 Å². The van der Waals surface area contributed by atoms with Crippen LogP contribution in [0.2, 0.25) is 0 Å². The first-order chi connectivity index (χ1) is 14.2. The maximum Gasteiger partial charge on any atom is 0.282 e. The van der Waals surface area contributed by atoms with Crippen molar-refractivity contribution in [1.82, 2.24) is 4.31 Å². The maximum absolute atomic E-state index is 13.1. The van der Waals surface area contributed by atoms with Crippen LogP contribution < -0.4 is 10.2 Å². The number of aryl methyl sites for hydroxylation is 3. The zero-order valence-electron chi connectivity index (χ0n) is 18.2. The minimum Gasteiger partial charge on any atom is -0.323 e. The molecule has 1 aliphatic heterocycles. The van der Waals surface area contributed by atoms with Crippen LogP contribution in [-0.4, -0.2) is 50.9 Å². The highest BCUT2D eigenvalue weighted by Crippen LogP contribution is 2.21. The third-order valence-electron chi connectivity index (χ3n) is 5.95. The number of sulfonamides is 1. The first-order valence-corrected chi connectivity index (χ1v) is 12.0. The molecule has 6 nitrogen and oxygen atoms in total. The van der Waals surface area contributed by atoms with Crippen LogP contribution in [0, 0.1) is 13.8 Å². The van der Waals surface area contributed by atoms with Gasteiger partial charge in [0.2, 0.25) is 10.0 Å². The molecule has 0 radical (unpaired) electrons. The third kappa shape index (κ3) is 4.91. The van der Waals surface area contributed by atoms with Gasteiger partial charge in [-0.1, -0.05) is 36.8 Å². The summed E-state index contributed by atoms with van der Waals surface area (Å²) < 4.78 is 27.7. The maximum atomic E-state index is 13.1. The van der Waals surface area contributed by atoms with E-state index in [1.165, 1.54) is 5.56 Å². The number of hydrogen-bond donors (Lipinski definition) is 2. The summed E-state index contributed by atoms with van der Waals surface area (Å²) in [6, 6.07) is 13.1. The van der Waals surface area contributed by atoms with Gasteiger partial charge in [0.15, 0.2) is 6.04 Å². The van der Waals surface area contributed by atoms with Crippen LogP contribution in [0.4, 0.5) is 5.69 Å². The number of anilines is 1. The zero-order chi connectivity index (χ0) is 21.9. The number of nitrogens with one attached hydrogen (secondary N) is 2. The molecule has 1 atom stereocenters. The molecule has 1 aliphatic rings. The van der Waals surface area contributed by atoms with Gasteiger partial charge in [0.1, 0.15) is 0 Å². The summed E-state index contributed by atoms with van der Waals surface area (Å²) in [5, 5.41) is 2.98. The van der Waals surface area contributed by atoms with Gasteiger partial charge in [-0.3, -0.25) is 4.79 Å². The minimum absolute atomic E-state index is 0.0417. The Kier molecular flexibility index (Phi) is 6.95. The largest absolute Gasteiger partial charge is 0.323 e. The Labute approximate surface area is 179 Å². The molecule has 2 aromatic carbocycles. The van der Waals surface area contributed by atoms with E-state index in [1.54, 1.807) is 10.4 Å². The highest BCUT2D eigenvalue weighted by atomic mass is 32.2. The third-order valence-corrected chi connectivity index (χ3v) is 8.01. The molecule has 1 fully saturated rings. The fraction of sp³-hybridized carbons (Fsp3) is 0.435. The number of quaternary nitrogens is 1. The van der Waals surface area contributed by atoms with E-state index in [0.717, 1.165) is 28.1 Å². The fourth-order valence-corrected chi connectivity index (χ4v) is 5.58. The predicted octanol–water partition coefficient (Wildman–Crippen LogP) is 1.78. The molecule has 0 spiro atoms. The molecule has 2 aromatic rings. The van der Waals surface area contributed by atoms with Gasteiger partial charge in [-0.05, 0) is 56.5 Å². The van der Waals surface area contributed by atoms with E-state index in [9.17, 15) is 13.2 Å². The van der Waals surface area contributed by atoms with Crippen molar-refractivity contribution in [3.63, 3.8) is 0 Å². The smallest absolute Gasteiger partial charge is 0.282 e. The Morgan fingerprint density at radius 1 is 1.10 bits per heavy atom. The quantitative estimate of drug-likeness (QED) is 0.734. The van der Waals surface area contributed by atoms with E-state index >= 15 is 0 Å². The summed E-state index contributed by atoms with van der Waals surface area (Å²) in [5.41, 5.74) is 3.84. The summed E-state index contributed by atoms with van der Waals surface area (Å²) in [6.07, 6.45) is 0.962. The normalized spacial score (nSPS) is 16.9. The van der Waals surface area contributed by atoms with Crippen molar-refractivity contribution in [3.8, 4) is 0 Å². The number of piperazine rings is 1. The molecule has 3 rings (SSSR count). The second kappa shape index (κ2) is 9.29. The van der Waals surface area contributed by atoms with Gasteiger partial charge < -0.3 is 10.2 Å². The Morgan fingerprint density at radius 2 is 1.73 bits per heavy atom. The predicted molar refractivity (Wildman–Crippen MR) is 119 cm³/mol. The summed E-state index contributed by atoms with van der Waals surface area (Å²) in [4.78, 5) is 14.2. The Bertz CT molecular complexity index is 995. The lowest BCUT2D eigenvalue weighted by molar-refractivity contribution is -0.917. The minimum atomic E-state index is -3.51. The Hall–Kier alpha value is -2.22. The van der Waals surface area contributed by atoms with Crippen LogP contribution in [-0.2, 0) is 21.2 Å². The van der Waals surface area contributed by atoms with Crippen LogP contribution in [0.25, 0.3) is 0 Å². The molecule has 162 valence electrons. The van der Waals surface area contributed by atoms with Crippen molar-refractivity contribution in [2.75, 3.05) is 31.5 Å². The van der Waals surface area contributed by atoms with E-state index in [4.69, 9.17) is 0 Å². The molecule has 0 unspecified atom stereocenters. The SMILES string of the molecule is CCc1ccc(NC(=O)[C@H](C)[NH+]2CCN(S(=O)(=O)c3ccc(C)cc3C)CC2)cc1. The van der Waals surface area contributed by atoms with Crippen molar-refractivity contribution < 1.29 is 18.1 Å². The molecule has 1 saturated heterocycles. The number of amides is 1. The molecule has 0 aromatic heterocycles. The average molecular weight is 431 g/mol. The lowest BCUT2D eigenvalue weighted by atomic mass is 10.1. The van der Waals surface area contributed by atoms with Crippen molar-refractivity contribution in [1.29, 1.82) is 0 Å². The van der Waals surface area contributed by atoms with Crippen LogP contribution in [0.1, 0.15) is 30.5 Å². The monoisotopic (exact) mass is 430 g/mol. The number of nitrogens with zero attached hydrogens (tertiary/aromatic N) is 1. The molecule has 1 amide bonds. The average Bonchev–Trinajstić information content (AvgIpc) is 2.73. The van der Waals surface area contributed by atoms with E-state index < -0.39 is 10.0 Å². The first kappa shape index (κ1) is 22.5. The second-order valence-electron chi connectivity index (χ2n) is 8.09. The lowest BCUT2D eigenvalue weighted by Gasteiger charge is -2.34. The number of hydrogen-bond acceptors (Lipinski definition) is 3. The van der Waals surface area contributed by atoms with Gasteiger partial charge in [-0.15, -0.1) is 0 Å². The number of rotatable bonds is 6. The van der Waals surface area contributed by atoms with Crippen molar-refractivity contribution >= 4 is 21.6 Å². The summed E-state index contributed by atoms with van der Waals surface area (Å²) in [5.74, 6) is -0.0417. The van der Waals surface area contributed by atoms with Gasteiger partial charge in [0.05, 0.1) is 31.1 Å². The molecular formula is C23H32N3O3S+. The van der Waals surface area contributed by atoms with Crippen LogP contribution >= 0.6 is 0 Å². The van der Waals surface area contributed by atoms with E-state index in [2.05, 4.69) is 12.2 Å². The Morgan fingerprint density at radius 3 is 2.30 bits per heavy atom. The lowest BCUT2D eigenvalue weighted by Crippen LogP contribution is -3.19. The van der Waals surface area contributed by atoms with Gasteiger partial charge in [0, 0.05) is 5.69 Å². The van der Waals surface area contributed by atoms with Crippen molar-refractivity contribution in [3.05, 3.63) is 59.2 Å². The summed E-state index contributed by atoms with van der Waals surface area (Å²) >= 11 is 0. The molecular weight excluding hydrogens is 398 g/mol. The van der Waals surface area contributed by atoms with E-state index in [0.29, 0.717) is 31.1 Å². The first-order valence-electron chi connectivity index (χ1n) is 10.5. The second-order valence-corrected chi connectivity index (χ2v) is 10.00. The van der Waals surface area contributed by atoms with Crippen LogP contribution in [0.15, 0.2) is 47.4 Å². The molecule has 2 N–H and O–H groups in total. The highest BCUT2D eigenvalue weighted by molar-refractivity contribution is 7.89. The summed E-state index contributed by atoms with van der Waals surface area (Å²) in [6.45, 7) is 9.82. The molecule has 30 heavy (non-hydrogen) atoms. The standard InChI is InChI=1S/C23H31N3O3S/c1-5-20-7-9-21(10-8-20)24-23(27)19(4)25-12-14-26(15-13-25)30(28,29)22-11-6-17(2)16-18(22)3/h6-11,16,19H,5,12-15H2,1-4H3,(H,24,27)/p+1/t19-/m0/s1. The van der Waals surface area contributed by atoms with Crippen molar-refractivity contribution in [2.24, 2.45) is 0 Å². The van der Waals surface area contributed by atoms with Crippen LogP contribution in [0.3, 0.4) is 0 Å². The molecule has 7 heteroatoms. The number of benzene rings is 2.